The van der Waals surface area contributed by atoms with E-state index in [2.05, 4.69) is 29.3 Å². The van der Waals surface area contributed by atoms with Crippen LogP contribution < -0.4 is 0 Å². The minimum atomic E-state index is 0.144. The number of para-hydroxylation sites is 2. The summed E-state index contributed by atoms with van der Waals surface area (Å²) in [5, 5.41) is 0. The molecular weight excluding hydrogens is 322 g/mol. The van der Waals surface area contributed by atoms with Crippen LogP contribution in [0.25, 0.3) is 11.0 Å². The van der Waals surface area contributed by atoms with Gasteiger partial charge in [-0.1, -0.05) is 48.5 Å². The van der Waals surface area contributed by atoms with Gasteiger partial charge in [-0.05, 0) is 24.1 Å². The summed E-state index contributed by atoms with van der Waals surface area (Å²) in [7, 11) is 0. The van der Waals surface area contributed by atoms with E-state index in [4.69, 9.17) is 4.98 Å². The zero-order valence-corrected chi connectivity index (χ0v) is 14.8. The van der Waals surface area contributed by atoms with Gasteiger partial charge in [0.25, 0.3) is 0 Å². The van der Waals surface area contributed by atoms with Crippen LogP contribution in [-0.4, -0.2) is 33.4 Å². The second-order valence-corrected chi connectivity index (χ2v) is 6.83. The highest BCUT2D eigenvalue weighted by atomic mass is 16.2. The molecule has 1 unspecified atom stereocenters. The number of fused-ring (bicyclic) bond motifs is 1. The molecule has 1 aliphatic rings. The lowest BCUT2D eigenvalue weighted by atomic mass is 10.1. The van der Waals surface area contributed by atoms with Gasteiger partial charge in [0.15, 0.2) is 0 Å². The first-order chi connectivity index (χ1) is 12.8. The zero-order valence-electron chi connectivity index (χ0n) is 14.8. The Morgan fingerprint density at radius 1 is 1.12 bits per heavy atom. The second kappa shape index (κ2) is 7.16. The molecule has 2 aromatic carbocycles. The molecule has 4 rings (SSSR count). The molecule has 0 radical (unpaired) electrons. The molecule has 1 saturated heterocycles. The second-order valence-electron chi connectivity index (χ2n) is 6.83. The molecule has 2 heterocycles. The molecule has 1 amide bonds. The van der Waals surface area contributed by atoms with Crippen molar-refractivity contribution in [1.82, 2.24) is 14.5 Å². The number of rotatable bonds is 6. The number of nitrogens with zero attached hydrogens (tertiary/aromatic N) is 3. The molecule has 0 aliphatic carbocycles. The van der Waals surface area contributed by atoms with Crippen LogP contribution in [0, 0.1) is 0 Å². The fourth-order valence-electron chi connectivity index (χ4n) is 3.80. The molecular formula is C22H23N3O. The largest absolute Gasteiger partial charge is 0.342 e. The van der Waals surface area contributed by atoms with E-state index in [9.17, 15) is 4.79 Å². The number of hydrogen-bond acceptors (Lipinski definition) is 2. The van der Waals surface area contributed by atoms with E-state index in [0.717, 1.165) is 36.4 Å². The van der Waals surface area contributed by atoms with Gasteiger partial charge in [0, 0.05) is 32.0 Å². The summed E-state index contributed by atoms with van der Waals surface area (Å²) in [5.41, 5.74) is 3.36. The van der Waals surface area contributed by atoms with E-state index in [1.807, 2.05) is 47.4 Å². The summed E-state index contributed by atoms with van der Waals surface area (Å²) >= 11 is 0. The first-order valence-electron chi connectivity index (χ1n) is 9.14. The molecule has 132 valence electrons. The highest BCUT2D eigenvalue weighted by molar-refractivity contribution is 5.81. The van der Waals surface area contributed by atoms with Crippen molar-refractivity contribution >= 4 is 16.9 Å². The molecule has 1 aliphatic heterocycles. The Labute approximate surface area is 153 Å². The third-order valence-corrected chi connectivity index (χ3v) is 5.09. The Balaban J connectivity index is 1.54. The maximum Gasteiger partial charge on any atom is 0.223 e. The monoisotopic (exact) mass is 345 g/mol. The van der Waals surface area contributed by atoms with Crippen molar-refractivity contribution in [2.75, 3.05) is 13.1 Å². The molecule has 1 aromatic heterocycles. The van der Waals surface area contributed by atoms with Crippen molar-refractivity contribution < 1.29 is 4.79 Å². The van der Waals surface area contributed by atoms with Crippen LogP contribution in [0.1, 0.15) is 23.7 Å². The van der Waals surface area contributed by atoms with E-state index in [1.54, 1.807) is 0 Å². The predicted molar refractivity (Wildman–Crippen MR) is 104 cm³/mol. The van der Waals surface area contributed by atoms with Gasteiger partial charge in [-0.3, -0.25) is 4.79 Å². The summed E-state index contributed by atoms with van der Waals surface area (Å²) in [6.45, 7) is 6.10. The predicted octanol–water partition coefficient (Wildman–Crippen LogP) is 3.78. The minimum absolute atomic E-state index is 0.144. The summed E-state index contributed by atoms with van der Waals surface area (Å²) in [4.78, 5) is 19.4. The molecule has 4 nitrogen and oxygen atoms in total. The number of benzene rings is 2. The van der Waals surface area contributed by atoms with Crippen LogP contribution in [0.3, 0.4) is 0 Å². The fourth-order valence-corrected chi connectivity index (χ4v) is 3.80. The van der Waals surface area contributed by atoms with Crippen molar-refractivity contribution in [2.24, 2.45) is 0 Å². The van der Waals surface area contributed by atoms with Gasteiger partial charge < -0.3 is 9.47 Å². The Morgan fingerprint density at radius 3 is 2.69 bits per heavy atom. The van der Waals surface area contributed by atoms with Gasteiger partial charge in [0.2, 0.25) is 5.91 Å². The first-order valence-corrected chi connectivity index (χ1v) is 9.14. The van der Waals surface area contributed by atoms with E-state index in [0.29, 0.717) is 13.0 Å². The third-order valence-electron chi connectivity index (χ3n) is 5.09. The van der Waals surface area contributed by atoms with Crippen LogP contribution in [0.2, 0.25) is 0 Å². The number of imidazole rings is 1. The zero-order chi connectivity index (χ0) is 17.9. The van der Waals surface area contributed by atoms with Gasteiger partial charge in [-0.2, -0.15) is 0 Å². The summed E-state index contributed by atoms with van der Waals surface area (Å²) < 4.78 is 2.20. The first kappa shape index (κ1) is 16.6. The molecule has 3 aromatic rings. The minimum Gasteiger partial charge on any atom is -0.342 e. The number of carbonyl (C=O) groups is 1. The lowest BCUT2D eigenvalue weighted by Crippen LogP contribution is -2.27. The summed E-state index contributed by atoms with van der Waals surface area (Å²) in [5.74, 6) is 1.37. The van der Waals surface area contributed by atoms with Crippen LogP contribution >= 0.6 is 0 Å². The van der Waals surface area contributed by atoms with Crippen molar-refractivity contribution in [2.45, 2.75) is 25.3 Å². The molecule has 1 fully saturated rings. The number of allylic oxidation sites excluding steroid dienone is 1. The molecule has 26 heavy (non-hydrogen) atoms. The van der Waals surface area contributed by atoms with Gasteiger partial charge in [-0.15, -0.1) is 6.58 Å². The van der Waals surface area contributed by atoms with Gasteiger partial charge in [-0.25, -0.2) is 4.98 Å². The number of amides is 1. The number of carbonyl (C=O) groups excluding carboxylic acids is 1. The summed E-state index contributed by atoms with van der Waals surface area (Å²) in [6.07, 6.45) is 3.32. The van der Waals surface area contributed by atoms with Crippen molar-refractivity contribution in [3.05, 3.63) is 78.6 Å². The van der Waals surface area contributed by atoms with Crippen LogP contribution in [0.5, 0.6) is 0 Å². The average molecular weight is 345 g/mol. The molecule has 1 atom stereocenters. The van der Waals surface area contributed by atoms with Crippen LogP contribution in [0.15, 0.2) is 67.3 Å². The highest BCUT2D eigenvalue weighted by Crippen LogP contribution is 2.30. The Morgan fingerprint density at radius 2 is 1.88 bits per heavy atom. The van der Waals surface area contributed by atoms with Crippen LogP contribution in [0.4, 0.5) is 0 Å². The lowest BCUT2D eigenvalue weighted by molar-refractivity contribution is -0.127. The maximum absolute atomic E-state index is 12.5. The standard InChI is InChI=1S/C22H23N3O/c1-2-13-25-20-11-7-6-10-19(20)23-22(25)18-15-21(26)24(16-18)14-12-17-8-4-3-5-9-17/h2-11,18H,1,12-16H2. The lowest BCUT2D eigenvalue weighted by Gasteiger charge is -2.17. The molecule has 0 spiro atoms. The number of hydrogen-bond donors (Lipinski definition) is 0. The van der Waals surface area contributed by atoms with Gasteiger partial charge in [0.1, 0.15) is 5.82 Å². The molecule has 0 saturated carbocycles. The summed E-state index contributed by atoms with van der Waals surface area (Å²) in [6, 6.07) is 18.5. The third kappa shape index (κ3) is 3.15. The van der Waals surface area contributed by atoms with E-state index < -0.39 is 0 Å². The van der Waals surface area contributed by atoms with Gasteiger partial charge in [0.05, 0.1) is 11.0 Å². The van der Waals surface area contributed by atoms with E-state index in [1.165, 1.54) is 5.56 Å². The Hall–Kier alpha value is -2.88. The Kier molecular flexibility index (Phi) is 4.57. The normalized spacial score (nSPS) is 17.2. The quantitative estimate of drug-likeness (QED) is 0.638. The maximum atomic E-state index is 12.5. The van der Waals surface area contributed by atoms with E-state index in [-0.39, 0.29) is 11.8 Å². The van der Waals surface area contributed by atoms with Crippen molar-refractivity contribution in [3.8, 4) is 0 Å². The SMILES string of the molecule is C=CCn1c(C2CC(=O)N(CCc3ccccc3)C2)nc2ccccc21. The van der Waals surface area contributed by atoms with Gasteiger partial charge >= 0.3 is 0 Å². The van der Waals surface area contributed by atoms with Crippen molar-refractivity contribution in [3.63, 3.8) is 0 Å². The number of likely N-dealkylation sites (tertiary alicyclic amines) is 1. The number of aromatic nitrogens is 2. The van der Waals surface area contributed by atoms with Crippen LogP contribution in [-0.2, 0) is 17.8 Å². The fraction of sp³-hybridized carbons (Fsp3) is 0.273. The molecule has 0 bridgehead atoms. The smallest absolute Gasteiger partial charge is 0.223 e. The average Bonchev–Trinajstić information content (AvgIpc) is 3.22. The Bertz CT molecular complexity index is 929. The highest BCUT2D eigenvalue weighted by Gasteiger charge is 2.33. The van der Waals surface area contributed by atoms with E-state index >= 15 is 0 Å². The molecule has 4 heteroatoms. The van der Waals surface area contributed by atoms with Crippen molar-refractivity contribution in [1.29, 1.82) is 0 Å². The topological polar surface area (TPSA) is 38.1 Å². The molecule has 0 N–H and O–H groups in total.